The summed E-state index contributed by atoms with van der Waals surface area (Å²) in [4.78, 5) is 0. The Morgan fingerprint density at radius 2 is 1.82 bits per heavy atom. The fourth-order valence-electron chi connectivity index (χ4n) is 1.70. The molecule has 1 unspecified atom stereocenters. The van der Waals surface area contributed by atoms with Gasteiger partial charge in [-0.1, -0.05) is 13.8 Å². The fraction of sp³-hybridized carbons (Fsp3) is 0.500. The first-order chi connectivity index (χ1) is 7.87. The van der Waals surface area contributed by atoms with E-state index in [1.54, 1.807) is 13.8 Å². The highest BCUT2D eigenvalue weighted by Gasteiger charge is 2.36. The first-order valence-electron chi connectivity index (χ1n) is 5.41. The van der Waals surface area contributed by atoms with E-state index >= 15 is 0 Å². The Labute approximate surface area is 107 Å². The van der Waals surface area contributed by atoms with Crippen LogP contribution in [0.3, 0.4) is 0 Å². The molecule has 0 bridgehead atoms. The van der Waals surface area contributed by atoms with Gasteiger partial charge in [-0.05, 0) is 40.9 Å². The van der Waals surface area contributed by atoms with Crippen molar-refractivity contribution in [3.8, 4) is 0 Å². The van der Waals surface area contributed by atoms with E-state index in [-0.39, 0.29) is 17.3 Å². The molecule has 0 radical (unpaired) electrons. The molecular formula is C12H15BrF2O2. The number of benzene rings is 1. The molecule has 0 amide bonds. The van der Waals surface area contributed by atoms with Crippen molar-refractivity contribution in [1.82, 2.24) is 0 Å². The second kappa shape index (κ2) is 5.42. The molecule has 0 saturated carbocycles. The third-order valence-corrected chi connectivity index (χ3v) is 3.70. The van der Waals surface area contributed by atoms with Gasteiger partial charge in [0.05, 0.1) is 15.6 Å². The van der Waals surface area contributed by atoms with Crippen molar-refractivity contribution in [2.24, 2.45) is 0 Å². The van der Waals surface area contributed by atoms with Crippen molar-refractivity contribution in [1.29, 1.82) is 0 Å². The predicted molar refractivity (Wildman–Crippen MR) is 64.5 cm³/mol. The number of hydrogen-bond acceptors (Lipinski definition) is 2. The zero-order valence-corrected chi connectivity index (χ0v) is 11.3. The first-order valence-corrected chi connectivity index (χ1v) is 6.20. The van der Waals surface area contributed by atoms with E-state index in [1.807, 2.05) is 0 Å². The second-order valence-corrected chi connectivity index (χ2v) is 4.82. The van der Waals surface area contributed by atoms with Gasteiger partial charge in [0.25, 0.3) is 0 Å². The van der Waals surface area contributed by atoms with Gasteiger partial charge in [0.1, 0.15) is 17.7 Å². The van der Waals surface area contributed by atoms with Gasteiger partial charge in [0, 0.05) is 0 Å². The van der Waals surface area contributed by atoms with Crippen molar-refractivity contribution in [2.75, 3.05) is 0 Å². The van der Waals surface area contributed by atoms with Gasteiger partial charge in [-0.3, -0.25) is 0 Å². The topological polar surface area (TPSA) is 40.5 Å². The SMILES string of the molecule is CCC(O)(CC)C(O)c1c(F)ccc(Br)c1F. The molecule has 1 rings (SSSR count). The van der Waals surface area contributed by atoms with Crippen LogP contribution in [0.1, 0.15) is 38.4 Å². The minimum absolute atomic E-state index is 0.0579. The number of rotatable bonds is 4. The maximum absolute atomic E-state index is 13.8. The standard InChI is InChI=1S/C12H15BrF2O2/c1-3-12(17,4-2)11(16)9-8(14)6-5-7(13)10(9)15/h5-6,11,16-17H,3-4H2,1-2H3. The Hall–Kier alpha value is -0.520. The molecule has 0 fully saturated rings. The van der Waals surface area contributed by atoms with Crippen LogP contribution >= 0.6 is 15.9 Å². The summed E-state index contributed by atoms with van der Waals surface area (Å²) in [5, 5.41) is 20.1. The van der Waals surface area contributed by atoms with Gasteiger partial charge in [-0.2, -0.15) is 0 Å². The van der Waals surface area contributed by atoms with Crippen molar-refractivity contribution < 1.29 is 19.0 Å². The molecule has 1 atom stereocenters. The first kappa shape index (κ1) is 14.5. The highest BCUT2D eigenvalue weighted by Crippen LogP contribution is 2.36. The lowest BCUT2D eigenvalue weighted by atomic mass is 9.86. The van der Waals surface area contributed by atoms with Crippen LogP contribution in [0.5, 0.6) is 0 Å². The maximum Gasteiger partial charge on any atom is 0.146 e. The number of halogens is 3. The summed E-state index contributed by atoms with van der Waals surface area (Å²) in [6, 6.07) is 2.27. The minimum Gasteiger partial charge on any atom is -0.387 e. The number of aliphatic hydroxyl groups excluding tert-OH is 1. The average molecular weight is 309 g/mol. The second-order valence-electron chi connectivity index (χ2n) is 3.97. The van der Waals surface area contributed by atoms with Crippen LogP contribution in [0.25, 0.3) is 0 Å². The van der Waals surface area contributed by atoms with Crippen LogP contribution in [-0.4, -0.2) is 15.8 Å². The van der Waals surface area contributed by atoms with Gasteiger partial charge >= 0.3 is 0 Å². The van der Waals surface area contributed by atoms with Crippen molar-refractivity contribution >= 4 is 15.9 Å². The minimum atomic E-state index is -1.59. The van der Waals surface area contributed by atoms with Crippen LogP contribution < -0.4 is 0 Å². The maximum atomic E-state index is 13.8. The van der Waals surface area contributed by atoms with Gasteiger partial charge in [0.15, 0.2) is 0 Å². The summed E-state index contributed by atoms with van der Waals surface area (Å²) < 4.78 is 27.4. The molecule has 0 aliphatic heterocycles. The highest BCUT2D eigenvalue weighted by atomic mass is 79.9. The summed E-state index contributed by atoms with van der Waals surface area (Å²) in [5.41, 5.74) is -2.02. The van der Waals surface area contributed by atoms with Crippen LogP contribution in [0, 0.1) is 11.6 Å². The third kappa shape index (κ3) is 2.67. The van der Waals surface area contributed by atoms with Gasteiger partial charge in [0.2, 0.25) is 0 Å². The largest absolute Gasteiger partial charge is 0.387 e. The summed E-state index contributed by atoms with van der Waals surface area (Å²) in [6.07, 6.45) is -1.18. The average Bonchev–Trinajstić information content (AvgIpc) is 2.33. The molecule has 96 valence electrons. The van der Waals surface area contributed by atoms with Crippen molar-refractivity contribution in [3.05, 3.63) is 33.8 Å². The summed E-state index contributed by atoms with van der Waals surface area (Å²) >= 11 is 2.92. The molecule has 5 heteroatoms. The molecule has 0 aliphatic rings. The molecular weight excluding hydrogens is 294 g/mol. The molecule has 17 heavy (non-hydrogen) atoms. The molecule has 0 aromatic heterocycles. The zero-order chi connectivity index (χ0) is 13.2. The summed E-state index contributed by atoms with van der Waals surface area (Å²) in [7, 11) is 0. The van der Waals surface area contributed by atoms with Crippen LogP contribution in [-0.2, 0) is 0 Å². The van der Waals surface area contributed by atoms with E-state index < -0.39 is 28.9 Å². The molecule has 1 aromatic rings. The van der Waals surface area contributed by atoms with Gasteiger partial charge in [-0.25, -0.2) is 8.78 Å². The monoisotopic (exact) mass is 308 g/mol. The lowest BCUT2D eigenvalue weighted by molar-refractivity contribution is -0.0848. The zero-order valence-electron chi connectivity index (χ0n) is 9.67. The number of hydrogen-bond donors (Lipinski definition) is 2. The van der Waals surface area contributed by atoms with Crippen LogP contribution in [0.2, 0.25) is 0 Å². The lowest BCUT2D eigenvalue weighted by Crippen LogP contribution is -2.36. The van der Waals surface area contributed by atoms with Gasteiger partial charge < -0.3 is 10.2 Å². The van der Waals surface area contributed by atoms with E-state index in [9.17, 15) is 19.0 Å². The quantitative estimate of drug-likeness (QED) is 0.838. The van der Waals surface area contributed by atoms with E-state index in [4.69, 9.17) is 0 Å². The fourth-order valence-corrected chi connectivity index (χ4v) is 2.04. The third-order valence-electron chi connectivity index (χ3n) is 3.09. The van der Waals surface area contributed by atoms with Crippen molar-refractivity contribution in [3.63, 3.8) is 0 Å². The van der Waals surface area contributed by atoms with Crippen LogP contribution in [0.15, 0.2) is 16.6 Å². The Morgan fingerprint density at radius 1 is 1.29 bits per heavy atom. The van der Waals surface area contributed by atoms with Crippen molar-refractivity contribution in [2.45, 2.75) is 38.4 Å². The lowest BCUT2D eigenvalue weighted by Gasteiger charge is -2.31. The predicted octanol–water partition coefficient (Wildman–Crippen LogP) is 3.31. The molecule has 0 heterocycles. The molecule has 2 N–H and O–H groups in total. The van der Waals surface area contributed by atoms with E-state index in [2.05, 4.69) is 15.9 Å². The molecule has 0 saturated heterocycles. The summed E-state index contributed by atoms with van der Waals surface area (Å²) in [5.74, 6) is -1.74. The molecule has 1 aromatic carbocycles. The normalized spacial score (nSPS) is 13.8. The molecule has 2 nitrogen and oxygen atoms in total. The number of aliphatic hydroxyl groups is 2. The molecule has 0 spiro atoms. The Kier molecular flexibility index (Phi) is 4.63. The smallest absolute Gasteiger partial charge is 0.146 e. The van der Waals surface area contributed by atoms with E-state index in [0.29, 0.717) is 0 Å². The van der Waals surface area contributed by atoms with Crippen LogP contribution in [0.4, 0.5) is 8.78 Å². The molecule has 0 aliphatic carbocycles. The highest BCUT2D eigenvalue weighted by molar-refractivity contribution is 9.10. The summed E-state index contributed by atoms with van der Waals surface area (Å²) in [6.45, 7) is 3.31. The van der Waals surface area contributed by atoms with Gasteiger partial charge in [-0.15, -0.1) is 0 Å². The van der Waals surface area contributed by atoms with E-state index in [1.165, 1.54) is 6.07 Å². The Bertz CT molecular complexity index is 406. The Morgan fingerprint density at radius 3 is 2.29 bits per heavy atom. The van der Waals surface area contributed by atoms with E-state index in [0.717, 1.165) is 6.07 Å². The Balaban J connectivity index is 3.29.